The molecule has 4 amide bonds. The van der Waals surface area contributed by atoms with Crippen molar-refractivity contribution < 1.29 is 19.3 Å². The smallest absolute Gasteiger partial charge is 0.321 e. The lowest BCUT2D eigenvalue weighted by Gasteiger charge is -2.24. The Labute approximate surface area is 175 Å². The lowest BCUT2D eigenvalue weighted by atomic mass is 10.0. The zero-order chi connectivity index (χ0) is 21.5. The van der Waals surface area contributed by atoms with Crippen LogP contribution in [-0.2, 0) is 9.59 Å². The van der Waals surface area contributed by atoms with Crippen molar-refractivity contribution in [2.24, 2.45) is 0 Å². The quantitative estimate of drug-likeness (QED) is 0.501. The summed E-state index contributed by atoms with van der Waals surface area (Å²) in [5.41, 5.74) is 1.44. The molecule has 1 unspecified atom stereocenters. The Morgan fingerprint density at radius 2 is 1.57 bits per heavy atom. The van der Waals surface area contributed by atoms with E-state index in [9.17, 15) is 14.4 Å². The summed E-state index contributed by atoms with van der Waals surface area (Å²) in [5, 5.41) is 9.61. The summed E-state index contributed by atoms with van der Waals surface area (Å²) in [5.74, 6) is -0.700. The van der Waals surface area contributed by atoms with Crippen LogP contribution in [0.25, 0.3) is 10.8 Å². The molecule has 0 spiro atoms. The highest BCUT2D eigenvalue weighted by Crippen LogP contribution is 2.22. The molecule has 3 aromatic carbocycles. The fourth-order valence-electron chi connectivity index (χ4n) is 3.44. The summed E-state index contributed by atoms with van der Waals surface area (Å²) in [7, 11) is 3.19. The number of hydrogen-bond acceptors (Lipinski definition) is 3. The van der Waals surface area contributed by atoms with Gasteiger partial charge >= 0.3 is 6.03 Å². The first-order chi connectivity index (χ1) is 14.5. The Morgan fingerprint density at radius 3 is 2.30 bits per heavy atom. The van der Waals surface area contributed by atoms with Gasteiger partial charge in [0.1, 0.15) is 0 Å². The van der Waals surface area contributed by atoms with Crippen molar-refractivity contribution in [2.45, 2.75) is 6.04 Å². The Bertz CT molecular complexity index is 1050. The number of likely N-dealkylation sites (N-methyl/N-ethyl adjacent to an activating group) is 1. The van der Waals surface area contributed by atoms with Crippen molar-refractivity contribution in [2.75, 3.05) is 26.0 Å². The van der Waals surface area contributed by atoms with E-state index in [1.165, 1.54) is 7.05 Å². The van der Waals surface area contributed by atoms with Gasteiger partial charge in [-0.05, 0) is 11.5 Å². The highest BCUT2D eigenvalue weighted by molar-refractivity contribution is 6.02. The standard InChI is InChI=1S/C23H24N4O3/c1-24-23(30)26-22(29)21(17-10-4-3-5-11-17)27(2)15-20(28)25-19-14-8-12-16-9-6-7-13-18(16)19/h3-14,21H,15H2,1-2H3,(H,25,28)(H2,24,26,29,30)/p+1/t21-/m0/s1. The molecule has 3 aromatic rings. The van der Waals surface area contributed by atoms with Crippen LogP contribution in [0.5, 0.6) is 0 Å². The number of carbonyl (C=O) groups excluding carboxylic acids is 3. The number of hydrogen-bond donors (Lipinski definition) is 4. The molecular formula is C23H25N4O3+. The van der Waals surface area contributed by atoms with Crippen LogP contribution >= 0.6 is 0 Å². The van der Waals surface area contributed by atoms with Crippen LogP contribution in [0.4, 0.5) is 10.5 Å². The molecule has 0 fully saturated rings. The van der Waals surface area contributed by atoms with Gasteiger partial charge in [0, 0.05) is 23.7 Å². The summed E-state index contributed by atoms with van der Waals surface area (Å²) in [4.78, 5) is 37.8. The molecule has 0 bridgehead atoms. The van der Waals surface area contributed by atoms with Gasteiger partial charge in [-0.1, -0.05) is 66.7 Å². The number of anilines is 1. The van der Waals surface area contributed by atoms with Crippen LogP contribution in [0.1, 0.15) is 11.6 Å². The van der Waals surface area contributed by atoms with E-state index < -0.39 is 18.0 Å². The van der Waals surface area contributed by atoms with Crippen molar-refractivity contribution >= 4 is 34.3 Å². The maximum absolute atomic E-state index is 12.8. The second kappa shape index (κ2) is 9.67. The summed E-state index contributed by atoms with van der Waals surface area (Å²) in [6.45, 7) is 0.0456. The van der Waals surface area contributed by atoms with E-state index in [0.29, 0.717) is 4.90 Å². The number of imide groups is 1. The van der Waals surface area contributed by atoms with Crippen molar-refractivity contribution in [3.63, 3.8) is 0 Å². The first-order valence-corrected chi connectivity index (χ1v) is 9.67. The van der Waals surface area contributed by atoms with Crippen LogP contribution in [0, 0.1) is 0 Å². The van der Waals surface area contributed by atoms with Gasteiger partial charge in [0.25, 0.3) is 11.8 Å². The summed E-state index contributed by atoms with van der Waals surface area (Å²) >= 11 is 0. The predicted molar refractivity (Wildman–Crippen MR) is 116 cm³/mol. The first kappa shape index (κ1) is 21.0. The van der Waals surface area contributed by atoms with Gasteiger partial charge in [0.05, 0.1) is 7.05 Å². The van der Waals surface area contributed by atoms with E-state index in [2.05, 4.69) is 16.0 Å². The molecule has 0 saturated carbocycles. The van der Waals surface area contributed by atoms with Crippen molar-refractivity contribution in [3.05, 3.63) is 78.4 Å². The van der Waals surface area contributed by atoms with Crippen LogP contribution in [0.15, 0.2) is 72.8 Å². The molecular weight excluding hydrogens is 380 g/mol. The van der Waals surface area contributed by atoms with Gasteiger partial charge < -0.3 is 15.5 Å². The molecule has 7 nitrogen and oxygen atoms in total. The fourth-order valence-corrected chi connectivity index (χ4v) is 3.44. The van der Waals surface area contributed by atoms with Crippen molar-refractivity contribution in [1.82, 2.24) is 10.6 Å². The third-order valence-corrected chi connectivity index (χ3v) is 4.85. The number of carbonyl (C=O) groups is 3. The summed E-state index contributed by atoms with van der Waals surface area (Å²) in [6, 6.07) is 21.3. The number of urea groups is 1. The van der Waals surface area contributed by atoms with Gasteiger partial charge in [-0.25, -0.2) is 4.79 Å². The molecule has 3 rings (SSSR count). The third-order valence-electron chi connectivity index (χ3n) is 4.85. The number of rotatable bonds is 6. The van der Waals surface area contributed by atoms with E-state index in [1.807, 2.05) is 60.7 Å². The van der Waals surface area contributed by atoms with E-state index in [-0.39, 0.29) is 12.5 Å². The Morgan fingerprint density at radius 1 is 0.900 bits per heavy atom. The summed E-state index contributed by atoms with van der Waals surface area (Å²) < 4.78 is 0. The highest BCUT2D eigenvalue weighted by atomic mass is 16.2. The molecule has 0 radical (unpaired) electrons. The number of quaternary nitrogens is 1. The second-order valence-corrected chi connectivity index (χ2v) is 7.01. The van der Waals surface area contributed by atoms with E-state index >= 15 is 0 Å². The zero-order valence-electron chi connectivity index (χ0n) is 16.9. The van der Waals surface area contributed by atoms with E-state index in [1.54, 1.807) is 19.2 Å². The van der Waals surface area contributed by atoms with Crippen LogP contribution < -0.4 is 20.9 Å². The molecule has 0 aliphatic carbocycles. The SMILES string of the molecule is CNC(=O)NC(=O)[C@H](c1ccccc1)[NH+](C)CC(=O)Nc1cccc2ccccc12. The number of fused-ring (bicyclic) bond motifs is 1. The minimum absolute atomic E-state index is 0.0456. The molecule has 0 aliphatic rings. The molecule has 0 heterocycles. The molecule has 0 aromatic heterocycles. The number of nitrogens with one attached hydrogen (secondary N) is 4. The largest absolute Gasteiger partial charge is 0.341 e. The predicted octanol–water partition coefficient (Wildman–Crippen LogP) is 1.49. The van der Waals surface area contributed by atoms with Crippen LogP contribution in [0.3, 0.4) is 0 Å². The van der Waals surface area contributed by atoms with Gasteiger partial charge in [-0.3, -0.25) is 14.9 Å². The topological polar surface area (TPSA) is 91.7 Å². The van der Waals surface area contributed by atoms with E-state index in [0.717, 1.165) is 22.0 Å². The molecule has 0 aliphatic heterocycles. The normalized spacial score (nSPS) is 12.6. The van der Waals surface area contributed by atoms with Crippen molar-refractivity contribution in [1.29, 1.82) is 0 Å². The molecule has 30 heavy (non-hydrogen) atoms. The third kappa shape index (κ3) is 5.01. The number of benzene rings is 3. The van der Waals surface area contributed by atoms with E-state index in [4.69, 9.17) is 0 Å². The Kier molecular flexibility index (Phi) is 6.77. The molecule has 0 saturated heterocycles. The lowest BCUT2D eigenvalue weighted by Crippen LogP contribution is -3.11. The minimum Gasteiger partial charge on any atom is -0.341 e. The highest BCUT2D eigenvalue weighted by Gasteiger charge is 2.31. The fraction of sp³-hybridized carbons (Fsp3) is 0.174. The lowest BCUT2D eigenvalue weighted by molar-refractivity contribution is -0.894. The molecule has 154 valence electrons. The molecule has 4 N–H and O–H groups in total. The maximum Gasteiger partial charge on any atom is 0.321 e. The number of amides is 4. The average molecular weight is 405 g/mol. The molecule has 2 atom stereocenters. The Hall–Kier alpha value is -3.71. The van der Waals surface area contributed by atoms with Crippen LogP contribution in [0.2, 0.25) is 0 Å². The van der Waals surface area contributed by atoms with Gasteiger partial charge in [-0.15, -0.1) is 0 Å². The first-order valence-electron chi connectivity index (χ1n) is 9.67. The maximum atomic E-state index is 12.8. The molecule has 7 heteroatoms. The van der Waals surface area contributed by atoms with Gasteiger partial charge in [0.15, 0.2) is 12.6 Å². The zero-order valence-corrected chi connectivity index (χ0v) is 16.9. The second-order valence-electron chi connectivity index (χ2n) is 7.01. The minimum atomic E-state index is -0.721. The van der Waals surface area contributed by atoms with Crippen LogP contribution in [-0.4, -0.2) is 38.5 Å². The van der Waals surface area contributed by atoms with Crippen molar-refractivity contribution in [3.8, 4) is 0 Å². The average Bonchev–Trinajstić information content (AvgIpc) is 2.74. The monoisotopic (exact) mass is 405 g/mol. The van der Waals surface area contributed by atoms with Gasteiger partial charge in [0.2, 0.25) is 0 Å². The van der Waals surface area contributed by atoms with Gasteiger partial charge in [-0.2, -0.15) is 0 Å². The Balaban J connectivity index is 1.77. The summed E-state index contributed by atoms with van der Waals surface area (Å²) in [6.07, 6.45) is 0.